The number of nitrogen functional groups attached to an aromatic ring is 1. The first-order valence-corrected chi connectivity index (χ1v) is 6.08. The summed E-state index contributed by atoms with van der Waals surface area (Å²) in [7, 11) is 2.12. The van der Waals surface area contributed by atoms with Crippen molar-refractivity contribution in [1.29, 1.82) is 0 Å². The standard InChI is InChI=1S/C14H19N3/c1-3-4-10-17(2)13-8-7-12(15)14-11(13)6-5-9-16-14/h5-9H,3-4,10,15H2,1-2H3. The Bertz CT molecular complexity index is 508. The Hall–Kier alpha value is -1.77. The lowest BCUT2D eigenvalue weighted by atomic mass is 10.1. The molecule has 90 valence electrons. The fourth-order valence-electron chi connectivity index (χ4n) is 2.03. The number of fused-ring (bicyclic) bond motifs is 1. The van der Waals surface area contributed by atoms with Gasteiger partial charge in [0, 0.05) is 30.9 Å². The summed E-state index contributed by atoms with van der Waals surface area (Å²) in [5, 5.41) is 1.13. The van der Waals surface area contributed by atoms with Crippen molar-refractivity contribution in [1.82, 2.24) is 4.98 Å². The summed E-state index contributed by atoms with van der Waals surface area (Å²) in [6.07, 6.45) is 4.19. The highest BCUT2D eigenvalue weighted by Crippen LogP contribution is 2.28. The predicted octanol–water partition coefficient (Wildman–Crippen LogP) is 3.05. The van der Waals surface area contributed by atoms with E-state index in [4.69, 9.17) is 5.73 Å². The second-order valence-electron chi connectivity index (χ2n) is 4.35. The van der Waals surface area contributed by atoms with Crippen molar-refractivity contribution in [3.8, 4) is 0 Å². The number of rotatable bonds is 4. The zero-order valence-corrected chi connectivity index (χ0v) is 10.5. The Morgan fingerprint density at radius 2 is 2.12 bits per heavy atom. The van der Waals surface area contributed by atoms with Gasteiger partial charge in [0.1, 0.15) is 0 Å². The third-order valence-electron chi connectivity index (χ3n) is 3.04. The third-order valence-corrected chi connectivity index (χ3v) is 3.04. The molecule has 0 amide bonds. The maximum Gasteiger partial charge on any atom is 0.0951 e. The van der Waals surface area contributed by atoms with Crippen LogP contribution in [0.3, 0.4) is 0 Å². The molecular formula is C14H19N3. The minimum Gasteiger partial charge on any atom is -0.397 e. The van der Waals surface area contributed by atoms with Gasteiger partial charge in [-0.05, 0) is 30.7 Å². The summed E-state index contributed by atoms with van der Waals surface area (Å²) in [5.74, 6) is 0. The van der Waals surface area contributed by atoms with Crippen LogP contribution >= 0.6 is 0 Å². The van der Waals surface area contributed by atoms with Crippen LogP contribution in [0.15, 0.2) is 30.5 Å². The van der Waals surface area contributed by atoms with Crippen molar-refractivity contribution in [2.24, 2.45) is 0 Å². The van der Waals surface area contributed by atoms with E-state index in [-0.39, 0.29) is 0 Å². The van der Waals surface area contributed by atoms with Gasteiger partial charge in [-0.15, -0.1) is 0 Å². The maximum atomic E-state index is 5.94. The van der Waals surface area contributed by atoms with Gasteiger partial charge in [0.25, 0.3) is 0 Å². The Kier molecular flexibility index (Phi) is 3.47. The molecule has 3 nitrogen and oxygen atoms in total. The smallest absolute Gasteiger partial charge is 0.0951 e. The van der Waals surface area contributed by atoms with Crippen molar-refractivity contribution >= 4 is 22.3 Å². The molecule has 3 heteroatoms. The summed E-state index contributed by atoms with van der Waals surface area (Å²) in [6, 6.07) is 8.05. The molecule has 0 saturated carbocycles. The van der Waals surface area contributed by atoms with Crippen LogP contribution < -0.4 is 10.6 Å². The number of hydrogen-bond acceptors (Lipinski definition) is 3. The van der Waals surface area contributed by atoms with Crippen LogP contribution in [0.1, 0.15) is 19.8 Å². The molecule has 0 saturated heterocycles. The Balaban J connectivity index is 2.44. The first-order chi connectivity index (χ1) is 8.24. The molecule has 0 radical (unpaired) electrons. The monoisotopic (exact) mass is 229 g/mol. The van der Waals surface area contributed by atoms with Gasteiger partial charge in [0.2, 0.25) is 0 Å². The molecule has 0 fully saturated rings. The average molecular weight is 229 g/mol. The summed E-state index contributed by atoms with van der Waals surface area (Å²) < 4.78 is 0. The topological polar surface area (TPSA) is 42.1 Å². The average Bonchev–Trinajstić information content (AvgIpc) is 2.37. The predicted molar refractivity (Wildman–Crippen MR) is 74.3 cm³/mol. The normalized spacial score (nSPS) is 10.7. The fraction of sp³-hybridized carbons (Fsp3) is 0.357. The number of nitrogens with zero attached hydrogens (tertiary/aromatic N) is 2. The highest BCUT2D eigenvalue weighted by atomic mass is 15.1. The van der Waals surface area contributed by atoms with E-state index in [1.165, 1.54) is 18.5 Å². The van der Waals surface area contributed by atoms with Crippen LogP contribution in [0, 0.1) is 0 Å². The number of hydrogen-bond donors (Lipinski definition) is 1. The van der Waals surface area contributed by atoms with E-state index in [1.807, 2.05) is 12.1 Å². The van der Waals surface area contributed by atoms with Crippen molar-refractivity contribution in [3.63, 3.8) is 0 Å². The van der Waals surface area contributed by atoms with Gasteiger partial charge in [-0.25, -0.2) is 0 Å². The molecule has 0 spiro atoms. The molecule has 0 aliphatic carbocycles. The van der Waals surface area contributed by atoms with Gasteiger partial charge in [-0.1, -0.05) is 13.3 Å². The van der Waals surface area contributed by atoms with Crippen molar-refractivity contribution < 1.29 is 0 Å². The Morgan fingerprint density at radius 1 is 1.29 bits per heavy atom. The summed E-state index contributed by atoms with van der Waals surface area (Å²) in [5.41, 5.74) is 8.79. The summed E-state index contributed by atoms with van der Waals surface area (Å²) in [4.78, 5) is 6.62. The quantitative estimate of drug-likeness (QED) is 0.819. The lowest BCUT2D eigenvalue weighted by Gasteiger charge is -2.21. The van der Waals surface area contributed by atoms with Crippen molar-refractivity contribution in [2.75, 3.05) is 24.2 Å². The zero-order chi connectivity index (χ0) is 12.3. The van der Waals surface area contributed by atoms with Crippen LogP contribution in [0.2, 0.25) is 0 Å². The lowest BCUT2D eigenvalue weighted by molar-refractivity contribution is 0.768. The van der Waals surface area contributed by atoms with Crippen LogP contribution in [0.25, 0.3) is 10.9 Å². The van der Waals surface area contributed by atoms with E-state index in [9.17, 15) is 0 Å². The number of aromatic nitrogens is 1. The molecule has 0 aliphatic heterocycles. The number of benzene rings is 1. The second-order valence-corrected chi connectivity index (χ2v) is 4.35. The summed E-state index contributed by atoms with van der Waals surface area (Å²) >= 11 is 0. The van der Waals surface area contributed by atoms with Gasteiger partial charge in [-0.2, -0.15) is 0 Å². The molecule has 1 aromatic carbocycles. The summed E-state index contributed by atoms with van der Waals surface area (Å²) in [6.45, 7) is 3.26. The largest absolute Gasteiger partial charge is 0.397 e. The number of anilines is 2. The minimum absolute atomic E-state index is 0.744. The fourth-order valence-corrected chi connectivity index (χ4v) is 2.03. The zero-order valence-electron chi connectivity index (χ0n) is 10.5. The third kappa shape index (κ3) is 2.33. The SMILES string of the molecule is CCCCN(C)c1ccc(N)c2ncccc12. The van der Waals surface area contributed by atoms with E-state index in [2.05, 4.69) is 36.0 Å². The molecule has 17 heavy (non-hydrogen) atoms. The lowest BCUT2D eigenvalue weighted by Crippen LogP contribution is -2.18. The van der Waals surface area contributed by atoms with Gasteiger partial charge in [0.15, 0.2) is 0 Å². The molecule has 0 aliphatic rings. The molecule has 0 atom stereocenters. The first-order valence-electron chi connectivity index (χ1n) is 6.08. The van der Waals surface area contributed by atoms with Crippen LogP contribution in [0.5, 0.6) is 0 Å². The van der Waals surface area contributed by atoms with E-state index < -0.39 is 0 Å². The molecule has 0 unspecified atom stereocenters. The molecular weight excluding hydrogens is 210 g/mol. The second kappa shape index (κ2) is 5.04. The number of unbranched alkanes of at least 4 members (excludes halogenated alkanes) is 1. The molecule has 0 bridgehead atoms. The maximum absolute atomic E-state index is 5.94. The Morgan fingerprint density at radius 3 is 2.88 bits per heavy atom. The van der Waals surface area contributed by atoms with Gasteiger partial charge in [0.05, 0.1) is 11.2 Å². The number of nitrogens with two attached hydrogens (primary N) is 1. The molecule has 2 rings (SSSR count). The highest BCUT2D eigenvalue weighted by Gasteiger charge is 2.08. The molecule has 1 aromatic heterocycles. The van der Waals surface area contributed by atoms with Gasteiger partial charge >= 0.3 is 0 Å². The Labute approximate surface area is 102 Å². The van der Waals surface area contributed by atoms with E-state index in [1.54, 1.807) is 6.20 Å². The van der Waals surface area contributed by atoms with Crippen LogP contribution in [0.4, 0.5) is 11.4 Å². The molecule has 2 N–H and O–H groups in total. The van der Waals surface area contributed by atoms with Gasteiger partial charge in [-0.3, -0.25) is 4.98 Å². The van der Waals surface area contributed by atoms with E-state index in [0.717, 1.165) is 23.1 Å². The van der Waals surface area contributed by atoms with Crippen LogP contribution in [-0.4, -0.2) is 18.6 Å². The highest BCUT2D eigenvalue weighted by molar-refractivity contribution is 5.98. The van der Waals surface area contributed by atoms with Crippen LogP contribution in [-0.2, 0) is 0 Å². The van der Waals surface area contributed by atoms with Crippen molar-refractivity contribution in [3.05, 3.63) is 30.5 Å². The first kappa shape index (κ1) is 11.7. The molecule has 1 heterocycles. The number of pyridine rings is 1. The molecule has 2 aromatic rings. The van der Waals surface area contributed by atoms with Crippen molar-refractivity contribution in [2.45, 2.75) is 19.8 Å². The minimum atomic E-state index is 0.744. The van der Waals surface area contributed by atoms with Gasteiger partial charge < -0.3 is 10.6 Å². The van der Waals surface area contributed by atoms with E-state index in [0.29, 0.717) is 0 Å². The van der Waals surface area contributed by atoms with E-state index >= 15 is 0 Å².